The van der Waals surface area contributed by atoms with Crippen molar-refractivity contribution in [3.63, 3.8) is 0 Å². The van der Waals surface area contributed by atoms with Gasteiger partial charge in [-0.1, -0.05) is 46.3 Å². The molecule has 0 bridgehead atoms. The van der Waals surface area contributed by atoms with E-state index in [1.165, 1.54) is 5.57 Å². The molecule has 10 atom stereocenters. The first-order chi connectivity index (χ1) is 14.8. The molecule has 182 valence electrons. The zero-order valence-electron chi connectivity index (χ0n) is 21.1. The average Bonchev–Trinajstić information content (AvgIpc) is 3.06. The fourth-order valence-electron chi connectivity index (χ4n) is 8.58. The van der Waals surface area contributed by atoms with Gasteiger partial charge in [-0.15, -0.1) is 0 Å². The van der Waals surface area contributed by atoms with E-state index in [1.54, 1.807) is 0 Å². The van der Waals surface area contributed by atoms with Crippen LogP contribution in [-0.4, -0.2) is 38.9 Å². The van der Waals surface area contributed by atoms with Gasteiger partial charge in [0.1, 0.15) is 5.78 Å². The minimum atomic E-state index is -0.996. The molecule has 0 aliphatic heterocycles. The van der Waals surface area contributed by atoms with Crippen molar-refractivity contribution >= 4 is 5.78 Å². The summed E-state index contributed by atoms with van der Waals surface area (Å²) >= 11 is 0. The standard InChI is InChI=1S/C28H46O4/c1-16(2)17(3)24(31)15-28(6,32)25-8-7-20-19-14-23(30)22-13-18(29)9-11-26(22,4)21(19)10-12-27(20,25)5/h10,16-20,22-23,25,29-30,32H,7-9,11-15H2,1-6H3/t17-,18-,19-,20-,22+,23-,25-,26+,27-,28-/m0/s1. The summed E-state index contributed by atoms with van der Waals surface area (Å²) in [7, 11) is 0. The van der Waals surface area contributed by atoms with E-state index >= 15 is 0 Å². The van der Waals surface area contributed by atoms with E-state index in [2.05, 4.69) is 33.8 Å². The molecule has 4 nitrogen and oxygen atoms in total. The van der Waals surface area contributed by atoms with Crippen LogP contribution in [0.5, 0.6) is 0 Å². The van der Waals surface area contributed by atoms with Crippen LogP contribution in [0.2, 0.25) is 0 Å². The Bertz CT molecular complexity index is 769. The van der Waals surface area contributed by atoms with E-state index in [0.29, 0.717) is 18.3 Å². The van der Waals surface area contributed by atoms with Gasteiger partial charge in [0.15, 0.2) is 0 Å². The lowest BCUT2D eigenvalue weighted by Crippen LogP contribution is -2.55. The molecule has 4 aliphatic carbocycles. The summed E-state index contributed by atoms with van der Waals surface area (Å²) in [6, 6.07) is 0. The topological polar surface area (TPSA) is 77.8 Å². The SMILES string of the molecule is CC(C)[C@H](C)C(=O)C[C@](C)(O)[C@H]1CC[C@H]2[C@@H]3C[C@H](O)[C@H]4C[C@@H](O)CC[C@]4(C)C3=CC[C@@]21C. The minimum absolute atomic E-state index is 0.0217. The minimum Gasteiger partial charge on any atom is -0.393 e. The zero-order chi connectivity index (χ0) is 23.6. The fourth-order valence-corrected chi connectivity index (χ4v) is 8.58. The van der Waals surface area contributed by atoms with E-state index in [9.17, 15) is 20.1 Å². The zero-order valence-corrected chi connectivity index (χ0v) is 21.1. The number of hydrogen-bond donors (Lipinski definition) is 3. The van der Waals surface area contributed by atoms with Crippen LogP contribution in [0.25, 0.3) is 0 Å². The molecule has 4 heteroatoms. The smallest absolute Gasteiger partial charge is 0.138 e. The molecule has 3 N–H and O–H groups in total. The van der Waals surface area contributed by atoms with E-state index in [0.717, 1.165) is 38.5 Å². The molecule has 4 aliphatic rings. The molecule has 0 amide bonds. The average molecular weight is 447 g/mol. The number of fused-ring (bicyclic) bond motifs is 5. The lowest BCUT2D eigenvalue weighted by Gasteiger charge is -2.58. The predicted molar refractivity (Wildman–Crippen MR) is 127 cm³/mol. The maximum absolute atomic E-state index is 12.9. The van der Waals surface area contributed by atoms with Crippen LogP contribution in [0.15, 0.2) is 11.6 Å². The highest BCUT2D eigenvalue weighted by atomic mass is 16.3. The first-order valence-corrected chi connectivity index (χ1v) is 13.1. The van der Waals surface area contributed by atoms with E-state index in [-0.39, 0.29) is 58.9 Å². The Morgan fingerprint density at radius 1 is 1.12 bits per heavy atom. The molecule has 0 saturated heterocycles. The Morgan fingerprint density at radius 3 is 2.47 bits per heavy atom. The molecular formula is C28H46O4. The molecule has 3 fully saturated rings. The largest absolute Gasteiger partial charge is 0.393 e. The van der Waals surface area contributed by atoms with Gasteiger partial charge in [0, 0.05) is 12.3 Å². The van der Waals surface area contributed by atoms with Crippen molar-refractivity contribution in [1.29, 1.82) is 0 Å². The number of carbonyl (C=O) groups is 1. The van der Waals surface area contributed by atoms with Gasteiger partial charge in [0.2, 0.25) is 0 Å². The van der Waals surface area contributed by atoms with Crippen LogP contribution in [0.4, 0.5) is 0 Å². The van der Waals surface area contributed by atoms with Crippen molar-refractivity contribution in [3.05, 3.63) is 11.6 Å². The van der Waals surface area contributed by atoms with Gasteiger partial charge in [-0.05, 0) is 92.3 Å². The lowest BCUT2D eigenvalue weighted by atomic mass is 9.47. The molecule has 0 radical (unpaired) electrons. The quantitative estimate of drug-likeness (QED) is 0.525. The first kappa shape index (κ1) is 24.4. The van der Waals surface area contributed by atoms with Gasteiger partial charge in [-0.3, -0.25) is 4.79 Å². The van der Waals surface area contributed by atoms with Crippen molar-refractivity contribution < 1.29 is 20.1 Å². The summed E-state index contributed by atoms with van der Waals surface area (Å²) in [5.74, 6) is 1.47. The number of aliphatic hydroxyl groups is 3. The van der Waals surface area contributed by atoms with Gasteiger partial charge in [-0.2, -0.15) is 0 Å². The highest BCUT2D eigenvalue weighted by Crippen LogP contribution is 2.66. The Balaban J connectivity index is 1.60. The molecule has 32 heavy (non-hydrogen) atoms. The van der Waals surface area contributed by atoms with Crippen molar-refractivity contribution in [2.75, 3.05) is 0 Å². The highest BCUT2D eigenvalue weighted by molar-refractivity contribution is 5.81. The third kappa shape index (κ3) is 3.73. The Morgan fingerprint density at radius 2 is 1.81 bits per heavy atom. The normalized spacial score (nSPS) is 46.5. The lowest BCUT2D eigenvalue weighted by molar-refractivity contribution is -0.134. The van der Waals surface area contributed by atoms with Crippen LogP contribution in [0.3, 0.4) is 0 Å². The van der Waals surface area contributed by atoms with Gasteiger partial charge < -0.3 is 15.3 Å². The molecular weight excluding hydrogens is 400 g/mol. The van der Waals surface area contributed by atoms with E-state index in [1.807, 2.05) is 13.8 Å². The maximum atomic E-state index is 12.9. The molecule has 0 unspecified atom stereocenters. The Hall–Kier alpha value is -0.710. The number of aliphatic hydroxyl groups excluding tert-OH is 2. The van der Waals surface area contributed by atoms with Gasteiger partial charge >= 0.3 is 0 Å². The van der Waals surface area contributed by atoms with Gasteiger partial charge in [0.05, 0.1) is 17.8 Å². The number of allylic oxidation sites excluding steroid dienone is 2. The predicted octanol–water partition coefficient (Wildman–Crippen LogP) is 4.90. The number of Topliss-reactive ketones (excluding diaryl/α,β-unsaturated/α-hetero) is 1. The molecule has 0 aromatic heterocycles. The molecule has 4 rings (SSSR count). The summed E-state index contributed by atoms with van der Waals surface area (Å²) < 4.78 is 0. The van der Waals surface area contributed by atoms with Crippen LogP contribution in [0.1, 0.15) is 92.9 Å². The number of hydrogen-bond acceptors (Lipinski definition) is 4. The summed E-state index contributed by atoms with van der Waals surface area (Å²) in [5, 5.41) is 33.0. The number of rotatable bonds is 5. The second kappa shape index (κ2) is 8.20. The maximum Gasteiger partial charge on any atom is 0.138 e. The first-order valence-electron chi connectivity index (χ1n) is 13.1. The summed E-state index contributed by atoms with van der Waals surface area (Å²) in [6.07, 6.45) is 8.23. The van der Waals surface area contributed by atoms with Crippen molar-refractivity contribution in [2.45, 2.75) is 111 Å². The second-order valence-electron chi connectivity index (χ2n) is 13.0. The van der Waals surface area contributed by atoms with Crippen molar-refractivity contribution in [2.24, 2.45) is 46.3 Å². The van der Waals surface area contributed by atoms with Crippen LogP contribution in [0, 0.1) is 46.3 Å². The van der Waals surface area contributed by atoms with Gasteiger partial charge in [-0.25, -0.2) is 0 Å². The fraction of sp³-hybridized carbons (Fsp3) is 0.893. The third-order valence-electron chi connectivity index (χ3n) is 10.8. The van der Waals surface area contributed by atoms with E-state index in [4.69, 9.17) is 0 Å². The number of carbonyl (C=O) groups excluding carboxylic acids is 1. The number of ketones is 1. The highest BCUT2D eigenvalue weighted by Gasteiger charge is 2.61. The molecule has 0 aromatic rings. The second-order valence-corrected chi connectivity index (χ2v) is 13.0. The van der Waals surface area contributed by atoms with E-state index < -0.39 is 5.60 Å². The summed E-state index contributed by atoms with van der Waals surface area (Å²) in [5.41, 5.74) is 0.457. The Kier molecular flexibility index (Phi) is 6.26. The third-order valence-corrected chi connectivity index (χ3v) is 10.8. The summed E-state index contributed by atoms with van der Waals surface area (Å²) in [4.78, 5) is 12.9. The van der Waals surface area contributed by atoms with Crippen molar-refractivity contribution in [3.8, 4) is 0 Å². The summed E-state index contributed by atoms with van der Waals surface area (Å²) in [6.45, 7) is 12.7. The van der Waals surface area contributed by atoms with Crippen LogP contribution >= 0.6 is 0 Å². The molecule has 0 aromatic carbocycles. The van der Waals surface area contributed by atoms with Crippen molar-refractivity contribution in [1.82, 2.24) is 0 Å². The molecule has 0 heterocycles. The molecule has 3 saturated carbocycles. The van der Waals surface area contributed by atoms with Crippen LogP contribution in [-0.2, 0) is 4.79 Å². The molecule has 0 spiro atoms. The van der Waals surface area contributed by atoms with Crippen LogP contribution < -0.4 is 0 Å². The Labute approximate surface area is 194 Å². The monoisotopic (exact) mass is 446 g/mol. The van der Waals surface area contributed by atoms with Gasteiger partial charge in [0.25, 0.3) is 0 Å².